The fourth-order valence-electron chi connectivity index (χ4n) is 0.232. The molecule has 0 rings (SSSR count). The molecule has 1 nitrogen and oxygen atoms in total. The predicted molar refractivity (Wildman–Crippen MR) is 36.2 cm³/mol. The molecule has 0 radical (unpaired) electrons. The molecular weight excluding hydrogens is 163 g/mol. The summed E-state index contributed by atoms with van der Waals surface area (Å²) in [5, 5.41) is 5.13. The topological polar surface area (TPSA) is 23.9 Å². The Bertz CT molecular complexity index is 161. The molecule has 0 bridgehead atoms. The Labute approximate surface area is 60.8 Å². The van der Waals surface area contributed by atoms with Gasteiger partial charge in [0.2, 0.25) is 0 Å². The number of thioether (sulfide) groups is 1. The second-order valence-corrected chi connectivity index (χ2v) is 2.94. The van der Waals surface area contributed by atoms with Crippen molar-refractivity contribution in [2.75, 3.05) is 0 Å². The van der Waals surface area contributed by atoms with Gasteiger partial charge in [-0.2, -0.15) is 13.2 Å². The predicted octanol–water partition coefficient (Wildman–Crippen LogP) is 2.79. The second kappa shape index (κ2) is 3.09. The number of allylic oxidation sites excluding steroid dienone is 1. The molecular formula is C5H6F3NS. The maximum absolute atomic E-state index is 11.5. The van der Waals surface area contributed by atoms with Gasteiger partial charge in [-0.1, -0.05) is 18.3 Å². The van der Waals surface area contributed by atoms with Gasteiger partial charge in [0.05, 0.1) is 0 Å². The molecule has 0 saturated heterocycles. The first-order valence-corrected chi connectivity index (χ1v) is 3.15. The van der Waals surface area contributed by atoms with E-state index in [9.17, 15) is 13.2 Å². The zero-order valence-corrected chi connectivity index (χ0v) is 6.07. The van der Waals surface area contributed by atoms with E-state index in [2.05, 4.69) is 6.58 Å². The molecule has 5 heteroatoms. The van der Waals surface area contributed by atoms with Crippen LogP contribution in [0.2, 0.25) is 0 Å². The van der Waals surface area contributed by atoms with Gasteiger partial charge in [-0.3, -0.25) is 5.41 Å². The van der Waals surface area contributed by atoms with E-state index in [0.29, 0.717) is 11.8 Å². The summed E-state index contributed by atoms with van der Waals surface area (Å²) in [6, 6.07) is 0. The van der Waals surface area contributed by atoms with Crippen LogP contribution in [0, 0.1) is 5.41 Å². The van der Waals surface area contributed by atoms with Gasteiger partial charge in [-0.25, -0.2) is 0 Å². The molecule has 0 heterocycles. The van der Waals surface area contributed by atoms with Crippen molar-refractivity contribution in [3.63, 3.8) is 0 Å². The van der Waals surface area contributed by atoms with E-state index in [1.165, 1.54) is 6.92 Å². The van der Waals surface area contributed by atoms with Crippen LogP contribution in [0.25, 0.3) is 0 Å². The largest absolute Gasteiger partial charge is 0.439 e. The van der Waals surface area contributed by atoms with Crippen LogP contribution in [0.15, 0.2) is 11.5 Å². The Hall–Kier alpha value is -0.450. The van der Waals surface area contributed by atoms with Gasteiger partial charge in [0.25, 0.3) is 0 Å². The van der Waals surface area contributed by atoms with Gasteiger partial charge >= 0.3 is 6.18 Å². The fourth-order valence-corrected chi connectivity index (χ4v) is 0.696. The summed E-state index contributed by atoms with van der Waals surface area (Å²) in [7, 11) is 0. The van der Waals surface area contributed by atoms with Crippen LogP contribution in [0.5, 0.6) is 0 Å². The van der Waals surface area contributed by atoms with Crippen molar-refractivity contribution >= 4 is 16.8 Å². The molecule has 58 valence electrons. The summed E-state index contributed by atoms with van der Waals surface area (Å²) >= 11 is 0.325. The lowest BCUT2D eigenvalue weighted by molar-refractivity contribution is -0.0560. The highest BCUT2D eigenvalue weighted by molar-refractivity contribution is 8.17. The number of hydrogen-bond donors (Lipinski definition) is 1. The summed E-state index contributed by atoms with van der Waals surface area (Å²) in [5.74, 6) is 0. The summed E-state index contributed by atoms with van der Waals surface area (Å²) < 4.78 is 34.6. The SMILES string of the molecule is C=C(C)SC(=N)C(F)(F)F. The maximum atomic E-state index is 11.5. The van der Waals surface area contributed by atoms with Crippen molar-refractivity contribution in [2.45, 2.75) is 13.1 Å². The van der Waals surface area contributed by atoms with Gasteiger partial charge < -0.3 is 0 Å². The van der Waals surface area contributed by atoms with Crippen LogP contribution in [-0.2, 0) is 0 Å². The standard InChI is InChI=1S/C5H6F3NS/c1-3(2)10-4(9)5(6,7)8/h9H,1H2,2H3. The van der Waals surface area contributed by atoms with Gasteiger partial charge in [0.1, 0.15) is 0 Å². The minimum atomic E-state index is -4.52. The normalized spacial score (nSPS) is 11.2. The first-order valence-electron chi connectivity index (χ1n) is 2.33. The van der Waals surface area contributed by atoms with Gasteiger partial charge in [0.15, 0.2) is 5.04 Å². The Morgan fingerprint density at radius 1 is 1.50 bits per heavy atom. The zero-order chi connectivity index (χ0) is 8.36. The van der Waals surface area contributed by atoms with Crippen molar-refractivity contribution in [2.24, 2.45) is 0 Å². The molecule has 0 spiro atoms. The van der Waals surface area contributed by atoms with E-state index < -0.39 is 11.2 Å². The molecule has 0 aliphatic heterocycles. The van der Waals surface area contributed by atoms with E-state index in [-0.39, 0.29) is 4.91 Å². The molecule has 1 N–H and O–H groups in total. The Morgan fingerprint density at radius 2 is 1.90 bits per heavy atom. The molecule has 0 unspecified atom stereocenters. The highest BCUT2D eigenvalue weighted by atomic mass is 32.2. The molecule has 10 heavy (non-hydrogen) atoms. The molecule has 0 aromatic carbocycles. The third kappa shape index (κ3) is 3.55. The smallest absolute Gasteiger partial charge is 0.290 e. The van der Waals surface area contributed by atoms with Crippen molar-refractivity contribution in [3.8, 4) is 0 Å². The number of rotatable bonds is 1. The highest BCUT2D eigenvalue weighted by Gasteiger charge is 2.34. The Kier molecular flexibility index (Phi) is 2.96. The average Bonchev–Trinajstić information content (AvgIpc) is 1.60. The molecule has 0 atom stereocenters. The number of halogens is 3. The molecule has 0 aromatic heterocycles. The van der Waals surface area contributed by atoms with Crippen molar-refractivity contribution < 1.29 is 13.2 Å². The maximum Gasteiger partial charge on any atom is 0.439 e. The third-order valence-corrected chi connectivity index (χ3v) is 1.32. The van der Waals surface area contributed by atoms with Crippen LogP contribution in [0.1, 0.15) is 6.92 Å². The van der Waals surface area contributed by atoms with Crippen LogP contribution >= 0.6 is 11.8 Å². The monoisotopic (exact) mass is 169 g/mol. The Morgan fingerprint density at radius 3 is 2.00 bits per heavy atom. The number of alkyl halides is 3. The van der Waals surface area contributed by atoms with Crippen LogP contribution in [0.4, 0.5) is 13.2 Å². The first kappa shape index (κ1) is 9.55. The zero-order valence-electron chi connectivity index (χ0n) is 5.25. The third-order valence-electron chi connectivity index (χ3n) is 0.534. The number of hydrogen-bond acceptors (Lipinski definition) is 2. The molecule has 0 saturated carbocycles. The Balaban J connectivity index is 3.99. The van der Waals surface area contributed by atoms with E-state index in [1.807, 2.05) is 0 Å². The van der Waals surface area contributed by atoms with Gasteiger partial charge in [-0.05, 0) is 11.8 Å². The molecule has 0 amide bonds. The van der Waals surface area contributed by atoms with Crippen LogP contribution in [-0.4, -0.2) is 11.2 Å². The van der Waals surface area contributed by atoms with E-state index in [0.717, 1.165) is 0 Å². The molecule has 0 aliphatic carbocycles. The van der Waals surface area contributed by atoms with E-state index in [1.54, 1.807) is 0 Å². The summed E-state index contributed by atoms with van der Waals surface area (Å²) in [4.78, 5) is 0.266. The quantitative estimate of drug-likeness (QED) is 0.473. The van der Waals surface area contributed by atoms with Gasteiger partial charge in [0, 0.05) is 0 Å². The molecule has 0 fully saturated rings. The summed E-state index contributed by atoms with van der Waals surface area (Å²) in [5.41, 5.74) is 0. The van der Waals surface area contributed by atoms with Crippen molar-refractivity contribution in [3.05, 3.63) is 11.5 Å². The molecule has 0 aromatic rings. The van der Waals surface area contributed by atoms with Gasteiger partial charge in [-0.15, -0.1) is 0 Å². The van der Waals surface area contributed by atoms with Crippen molar-refractivity contribution in [1.29, 1.82) is 5.41 Å². The average molecular weight is 169 g/mol. The number of nitrogens with one attached hydrogen (secondary N) is 1. The highest BCUT2D eigenvalue weighted by Crippen LogP contribution is 2.27. The summed E-state index contributed by atoms with van der Waals surface area (Å²) in [6.45, 7) is 4.65. The van der Waals surface area contributed by atoms with Crippen molar-refractivity contribution in [1.82, 2.24) is 0 Å². The molecule has 0 aliphatic rings. The lowest BCUT2D eigenvalue weighted by Crippen LogP contribution is -2.17. The minimum absolute atomic E-state index is 0.266. The minimum Gasteiger partial charge on any atom is -0.290 e. The lowest BCUT2D eigenvalue weighted by Gasteiger charge is -2.05. The lowest BCUT2D eigenvalue weighted by atomic mass is 10.7. The van der Waals surface area contributed by atoms with E-state index in [4.69, 9.17) is 5.41 Å². The van der Waals surface area contributed by atoms with Crippen LogP contribution < -0.4 is 0 Å². The van der Waals surface area contributed by atoms with E-state index >= 15 is 0 Å². The second-order valence-electron chi connectivity index (χ2n) is 1.63. The van der Waals surface area contributed by atoms with Crippen LogP contribution in [0.3, 0.4) is 0 Å². The first-order chi connectivity index (χ1) is 4.34. The fraction of sp³-hybridized carbons (Fsp3) is 0.400. The summed E-state index contributed by atoms with van der Waals surface area (Å²) in [6.07, 6.45) is -4.52.